The lowest BCUT2D eigenvalue weighted by atomic mass is 9.98. The maximum Gasteiger partial charge on any atom is 0.326 e. The molecule has 0 N–H and O–H groups in total. The molecule has 7 nitrogen and oxygen atoms in total. The highest BCUT2D eigenvalue weighted by Gasteiger charge is 2.44. The number of carbonyl (C=O) groups excluding carboxylic acids is 2. The van der Waals surface area contributed by atoms with Gasteiger partial charge in [-0.05, 0) is 50.9 Å². The summed E-state index contributed by atoms with van der Waals surface area (Å²) in [5.41, 5.74) is 1.55. The zero-order valence-electron chi connectivity index (χ0n) is 21.2. The Morgan fingerprint density at radius 2 is 1.53 bits per heavy atom. The normalized spacial score (nSPS) is 15.7. The van der Waals surface area contributed by atoms with Crippen LogP contribution in [0.15, 0.2) is 60.7 Å². The highest BCUT2D eigenvalue weighted by Crippen LogP contribution is 2.29. The molecule has 1 unspecified atom stereocenters. The second kappa shape index (κ2) is 13.0. The van der Waals surface area contributed by atoms with Gasteiger partial charge in [-0.1, -0.05) is 67.1 Å². The molecule has 0 amide bonds. The fourth-order valence-corrected chi connectivity index (χ4v) is 5.79. The molecule has 1 fully saturated rings. The van der Waals surface area contributed by atoms with Crippen LogP contribution in [0.25, 0.3) is 0 Å². The number of nitrogens with zero attached hydrogens (tertiary/aromatic N) is 1. The van der Waals surface area contributed by atoms with Gasteiger partial charge in [0.25, 0.3) is 0 Å². The van der Waals surface area contributed by atoms with E-state index in [1.165, 1.54) is 20.3 Å². The van der Waals surface area contributed by atoms with Crippen molar-refractivity contribution >= 4 is 21.8 Å². The largest absolute Gasteiger partial charge is 0.463 e. The summed E-state index contributed by atoms with van der Waals surface area (Å²) in [6, 6.07) is 18.3. The Bertz CT molecular complexity index is 1080. The van der Waals surface area contributed by atoms with Crippen LogP contribution < -0.4 is 0 Å². The lowest BCUT2D eigenvalue weighted by Gasteiger charge is -2.28. The van der Waals surface area contributed by atoms with Gasteiger partial charge in [0.15, 0.2) is 14.6 Å². The number of hydrogen-bond acceptors (Lipinski definition) is 7. The molecular formula is C28H37NO6S. The van der Waals surface area contributed by atoms with Crippen LogP contribution in [0.5, 0.6) is 0 Å². The first kappa shape index (κ1) is 27.9. The van der Waals surface area contributed by atoms with Gasteiger partial charge in [0, 0.05) is 12.5 Å². The smallest absolute Gasteiger partial charge is 0.326 e. The van der Waals surface area contributed by atoms with E-state index in [4.69, 9.17) is 9.47 Å². The second-order valence-electron chi connectivity index (χ2n) is 9.79. The summed E-state index contributed by atoms with van der Waals surface area (Å²) in [5, 5.41) is 0. The number of likely N-dealkylation sites (tertiary alicyclic amines) is 1. The summed E-state index contributed by atoms with van der Waals surface area (Å²) in [4.78, 5) is 27.7. The highest BCUT2D eigenvalue weighted by atomic mass is 32.2. The van der Waals surface area contributed by atoms with Crippen LogP contribution in [0, 0.1) is 0 Å². The van der Waals surface area contributed by atoms with E-state index in [1.807, 2.05) is 36.4 Å². The van der Waals surface area contributed by atoms with E-state index >= 15 is 0 Å². The molecular weight excluding hydrogens is 478 g/mol. The number of hydrogen-bond donors (Lipinski definition) is 0. The van der Waals surface area contributed by atoms with Crippen LogP contribution in [0.4, 0.5) is 0 Å². The summed E-state index contributed by atoms with van der Waals surface area (Å²) >= 11 is 0. The third kappa shape index (κ3) is 7.90. The fraction of sp³-hybridized carbons (Fsp3) is 0.500. The molecule has 3 rings (SSSR count). The molecule has 0 saturated carbocycles. The summed E-state index contributed by atoms with van der Waals surface area (Å²) < 4.78 is 35.9. The van der Waals surface area contributed by atoms with Gasteiger partial charge in [-0.3, -0.25) is 14.5 Å². The van der Waals surface area contributed by atoms with Crippen molar-refractivity contribution in [2.24, 2.45) is 0 Å². The molecule has 1 heterocycles. The zero-order valence-corrected chi connectivity index (χ0v) is 22.0. The molecule has 1 atom stereocenters. The molecule has 1 aliphatic heterocycles. The van der Waals surface area contributed by atoms with E-state index < -0.39 is 32.4 Å². The minimum Gasteiger partial charge on any atom is -0.463 e. The third-order valence-electron chi connectivity index (χ3n) is 6.71. The van der Waals surface area contributed by atoms with Crippen molar-refractivity contribution in [1.82, 2.24) is 4.90 Å². The van der Waals surface area contributed by atoms with E-state index in [-0.39, 0.29) is 25.4 Å². The summed E-state index contributed by atoms with van der Waals surface area (Å²) in [7, 11) is -3.97. The summed E-state index contributed by atoms with van der Waals surface area (Å²) in [5.74, 6) is -2.28. The van der Waals surface area contributed by atoms with Crippen LogP contribution in [0.3, 0.4) is 0 Å². The minimum absolute atomic E-state index is 0.114. The Morgan fingerprint density at radius 1 is 0.917 bits per heavy atom. The van der Waals surface area contributed by atoms with Gasteiger partial charge in [-0.15, -0.1) is 0 Å². The van der Waals surface area contributed by atoms with E-state index in [2.05, 4.69) is 4.90 Å². The van der Waals surface area contributed by atoms with Crippen molar-refractivity contribution in [3.8, 4) is 0 Å². The van der Waals surface area contributed by atoms with E-state index in [0.717, 1.165) is 31.5 Å². The Balaban J connectivity index is 1.63. The number of piperidine rings is 1. The van der Waals surface area contributed by atoms with Gasteiger partial charge in [0.1, 0.15) is 13.2 Å². The van der Waals surface area contributed by atoms with Gasteiger partial charge < -0.3 is 9.47 Å². The maximum atomic E-state index is 13.4. The Morgan fingerprint density at radius 3 is 2.17 bits per heavy atom. The van der Waals surface area contributed by atoms with Gasteiger partial charge in [-0.25, -0.2) is 8.42 Å². The molecule has 1 aliphatic rings. The first-order chi connectivity index (χ1) is 17.2. The molecule has 8 heteroatoms. The van der Waals surface area contributed by atoms with Crippen LogP contribution >= 0.6 is 0 Å². The topological polar surface area (TPSA) is 90.0 Å². The predicted octanol–water partition coefficient (Wildman–Crippen LogP) is 4.13. The lowest BCUT2D eigenvalue weighted by Crippen LogP contribution is -2.45. The van der Waals surface area contributed by atoms with Crippen molar-refractivity contribution in [2.75, 3.05) is 32.0 Å². The van der Waals surface area contributed by atoms with E-state index in [9.17, 15) is 18.0 Å². The first-order valence-corrected chi connectivity index (χ1v) is 14.2. The van der Waals surface area contributed by atoms with E-state index in [0.29, 0.717) is 12.1 Å². The van der Waals surface area contributed by atoms with Crippen LogP contribution in [-0.2, 0) is 35.5 Å². The van der Waals surface area contributed by atoms with Crippen molar-refractivity contribution in [2.45, 2.75) is 56.8 Å². The van der Waals surface area contributed by atoms with Gasteiger partial charge >= 0.3 is 11.9 Å². The average molecular weight is 516 g/mol. The number of carbonyl (C=O) groups is 2. The van der Waals surface area contributed by atoms with Gasteiger partial charge in [0.05, 0.1) is 12.2 Å². The number of esters is 2. The van der Waals surface area contributed by atoms with Crippen molar-refractivity contribution in [3.63, 3.8) is 0 Å². The maximum absolute atomic E-state index is 13.4. The lowest BCUT2D eigenvalue weighted by molar-refractivity contribution is -0.146. The standard InChI is InChI=1S/C28H37NO6S/c1-28(2,27(31)34-19-18-29-16-10-5-11-17-29)36(32,33)22-25(24-14-8-4-9-15-24)20-26(30)35-21-23-12-6-3-7-13-23/h3-4,6-9,12-15,25H,5,10-11,16-22H2,1-2H3. The number of ether oxygens (including phenoxy) is 2. The molecule has 0 bridgehead atoms. The predicted molar refractivity (Wildman–Crippen MR) is 139 cm³/mol. The summed E-state index contributed by atoms with van der Waals surface area (Å²) in [6.45, 7) is 5.57. The highest BCUT2D eigenvalue weighted by molar-refractivity contribution is 7.93. The van der Waals surface area contributed by atoms with Crippen LogP contribution in [0.2, 0.25) is 0 Å². The molecule has 0 aromatic heterocycles. The van der Waals surface area contributed by atoms with Crippen molar-refractivity contribution in [1.29, 1.82) is 0 Å². The Kier molecular flexibility index (Phi) is 10.1. The van der Waals surface area contributed by atoms with Crippen LogP contribution in [-0.4, -0.2) is 62.0 Å². The minimum atomic E-state index is -3.97. The SMILES string of the molecule is CC(C)(C(=O)OCCN1CCCCC1)S(=O)(=O)CC(CC(=O)OCc1ccccc1)c1ccccc1. The first-order valence-electron chi connectivity index (χ1n) is 12.6. The molecule has 2 aromatic rings. The van der Waals surface area contributed by atoms with Crippen molar-refractivity contribution in [3.05, 3.63) is 71.8 Å². The quantitative estimate of drug-likeness (QED) is 0.393. The summed E-state index contributed by atoms with van der Waals surface area (Å²) in [6.07, 6.45) is 3.35. The fourth-order valence-electron chi connectivity index (χ4n) is 4.22. The molecule has 36 heavy (non-hydrogen) atoms. The molecule has 196 valence electrons. The molecule has 0 radical (unpaired) electrons. The molecule has 2 aromatic carbocycles. The molecule has 0 aliphatic carbocycles. The Hall–Kier alpha value is -2.71. The second-order valence-corrected chi connectivity index (χ2v) is 12.4. The number of rotatable bonds is 12. The number of sulfone groups is 1. The average Bonchev–Trinajstić information content (AvgIpc) is 2.88. The van der Waals surface area contributed by atoms with E-state index in [1.54, 1.807) is 24.3 Å². The van der Waals surface area contributed by atoms with Crippen molar-refractivity contribution < 1.29 is 27.5 Å². The molecule has 1 saturated heterocycles. The van der Waals surface area contributed by atoms with Gasteiger partial charge in [-0.2, -0.15) is 0 Å². The Labute approximate surface area is 214 Å². The number of benzene rings is 2. The van der Waals surface area contributed by atoms with Crippen LogP contribution in [0.1, 0.15) is 56.6 Å². The monoisotopic (exact) mass is 515 g/mol. The van der Waals surface area contributed by atoms with Gasteiger partial charge in [0.2, 0.25) is 0 Å². The molecule has 0 spiro atoms. The zero-order chi connectivity index (χ0) is 26.0. The third-order valence-corrected chi connectivity index (χ3v) is 9.27.